The molecule has 0 heterocycles. The zero-order valence-electron chi connectivity index (χ0n) is 2.62. The second-order valence-electron chi connectivity index (χ2n) is 0.289. The predicted octanol–water partition coefficient (Wildman–Crippen LogP) is 1.14. The van der Waals surface area contributed by atoms with Crippen molar-refractivity contribution in [3.63, 3.8) is 0 Å². The first-order valence-corrected chi connectivity index (χ1v) is 2.09. The van der Waals surface area contributed by atoms with Gasteiger partial charge in [0.2, 0.25) is 0 Å². The average molecular weight is 299 g/mol. The van der Waals surface area contributed by atoms with Crippen LogP contribution in [0.5, 0.6) is 0 Å². The van der Waals surface area contributed by atoms with Gasteiger partial charge in [0.25, 0.3) is 0 Å². The fourth-order valence-electron chi connectivity index (χ4n) is 0. The van der Waals surface area contributed by atoms with Crippen molar-refractivity contribution in [1.29, 1.82) is 0 Å². The molecule has 0 radical (unpaired) electrons. The van der Waals surface area contributed by atoms with E-state index in [4.69, 9.17) is 0 Å². The number of thioether (sulfide) groups is 1. The minimum atomic E-state index is 0. The maximum Gasteiger partial charge on any atom is 0 e. The third-order valence-electron chi connectivity index (χ3n) is 0. The topological polar surface area (TPSA) is 0 Å². The summed E-state index contributed by atoms with van der Waals surface area (Å²) in [4.78, 5) is 0. The largest absolute Gasteiger partial charge is 0.357 e. The standard InChI is InChI=1S/C2H5S.U/c1-3-2;/h1H2,2H3;/q-1;. The van der Waals surface area contributed by atoms with Crippen molar-refractivity contribution in [2.45, 2.75) is 0 Å². The van der Waals surface area contributed by atoms with Crippen LogP contribution in [0.2, 0.25) is 0 Å². The quantitative estimate of drug-likeness (QED) is 0.605. The molecule has 0 fully saturated rings. The van der Waals surface area contributed by atoms with Crippen LogP contribution in [0.25, 0.3) is 0 Å². The number of hydrogen-bond acceptors (Lipinski definition) is 1. The fourth-order valence-corrected chi connectivity index (χ4v) is 0. The zero-order valence-corrected chi connectivity index (χ0v) is 7.60. The van der Waals surface area contributed by atoms with E-state index in [0.29, 0.717) is 0 Å². The summed E-state index contributed by atoms with van der Waals surface area (Å²) in [5, 5.41) is 0. The summed E-state index contributed by atoms with van der Waals surface area (Å²) in [6, 6.07) is 0. The van der Waals surface area contributed by atoms with Crippen LogP contribution in [0, 0.1) is 37.4 Å². The molecule has 0 spiro atoms. The van der Waals surface area contributed by atoms with Crippen LogP contribution in [0.4, 0.5) is 0 Å². The van der Waals surface area contributed by atoms with Crippen LogP contribution < -0.4 is 0 Å². The minimum absolute atomic E-state index is 0. The van der Waals surface area contributed by atoms with Crippen molar-refractivity contribution in [3.05, 3.63) is 6.26 Å². The van der Waals surface area contributed by atoms with Crippen molar-refractivity contribution in [2.24, 2.45) is 0 Å². The minimum Gasteiger partial charge on any atom is -0.357 e. The third kappa shape index (κ3) is 9.99. The Morgan fingerprint density at radius 3 is 1.75 bits per heavy atom. The van der Waals surface area contributed by atoms with Gasteiger partial charge in [-0.1, -0.05) is 0 Å². The molecule has 0 unspecified atom stereocenters. The van der Waals surface area contributed by atoms with Crippen LogP contribution in [0.1, 0.15) is 0 Å². The van der Waals surface area contributed by atoms with Gasteiger partial charge < -0.3 is 11.8 Å². The van der Waals surface area contributed by atoms with Crippen LogP contribution in [-0.2, 0) is 0 Å². The molecular formula is C2H5SU-. The van der Waals surface area contributed by atoms with Crippen LogP contribution in [-0.4, -0.2) is 6.26 Å². The van der Waals surface area contributed by atoms with E-state index in [-0.39, 0.29) is 31.1 Å². The molecule has 0 aromatic heterocycles. The molecule has 0 N–H and O–H groups in total. The van der Waals surface area contributed by atoms with E-state index in [1.54, 1.807) is 0 Å². The Bertz CT molecular complexity index is 6.00. The molecule has 0 aliphatic carbocycles. The summed E-state index contributed by atoms with van der Waals surface area (Å²) in [5.74, 6) is 0. The van der Waals surface area contributed by atoms with E-state index in [9.17, 15) is 0 Å². The molecule has 0 aromatic rings. The molecule has 0 aliphatic rings. The van der Waals surface area contributed by atoms with Gasteiger partial charge in [0, 0.05) is 31.1 Å². The van der Waals surface area contributed by atoms with Gasteiger partial charge in [-0.2, -0.15) is 0 Å². The van der Waals surface area contributed by atoms with Crippen molar-refractivity contribution in [2.75, 3.05) is 6.26 Å². The normalized spacial score (nSPS) is 4.50. The zero-order chi connectivity index (χ0) is 2.71. The molecule has 2 heteroatoms. The van der Waals surface area contributed by atoms with Crippen molar-refractivity contribution >= 4 is 11.8 Å². The van der Waals surface area contributed by atoms with Gasteiger partial charge in [-0.05, 0) is 6.26 Å². The second-order valence-corrected chi connectivity index (χ2v) is 0.866. The van der Waals surface area contributed by atoms with Crippen molar-refractivity contribution < 1.29 is 31.1 Å². The monoisotopic (exact) mass is 299 g/mol. The Hall–Kier alpha value is 1.40. The molecule has 4 heavy (non-hydrogen) atoms. The number of hydrogen-bond donors (Lipinski definition) is 0. The van der Waals surface area contributed by atoms with E-state index in [1.165, 1.54) is 11.8 Å². The smallest absolute Gasteiger partial charge is 0 e. The Kier molecular flexibility index (Phi) is 20.0. The maximum atomic E-state index is 3.40. The van der Waals surface area contributed by atoms with E-state index >= 15 is 0 Å². The van der Waals surface area contributed by atoms with Crippen LogP contribution >= 0.6 is 11.8 Å². The number of rotatable bonds is 0. The molecule has 0 aromatic carbocycles. The van der Waals surface area contributed by atoms with Gasteiger partial charge in [0.1, 0.15) is 0 Å². The summed E-state index contributed by atoms with van der Waals surface area (Å²) in [5.41, 5.74) is 0. The molecule has 0 saturated heterocycles. The molecular weight excluding hydrogens is 294 g/mol. The van der Waals surface area contributed by atoms with E-state index in [0.717, 1.165) is 0 Å². The molecule has 0 amide bonds. The summed E-state index contributed by atoms with van der Waals surface area (Å²) in [6.45, 7) is 0. The molecule has 0 bridgehead atoms. The maximum absolute atomic E-state index is 3.40. The van der Waals surface area contributed by atoms with Gasteiger partial charge >= 0.3 is 0 Å². The third-order valence-corrected chi connectivity index (χ3v) is 0. The summed E-state index contributed by atoms with van der Waals surface area (Å²) < 4.78 is 0. The van der Waals surface area contributed by atoms with Crippen LogP contribution in [0.15, 0.2) is 0 Å². The first-order valence-electron chi connectivity index (χ1n) is 0.697. The Labute approximate surface area is 55.1 Å². The van der Waals surface area contributed by atoms with Gasteiger partial charge in [-0.25, -0.2) is 0 Å². The van der Waals surface area contributed by atoms with E-state index in [1.807, 2.05) is 6.26 Å². The average Bonchev–Trinajstić information content (AvgIpc) is 0.918. The molecule has 0 nitrogen and oxygen atoms in total. The predicted molar refractivity (Wildman–Crippen MR) is 18.9 cm³/mol. The Morgan fingerprint density at radius 1 is 1.75 bits per heavy atom. The molecule has 0 aliphatic heterocycles. The van der Waals surface area contributed by atoms with Crippen molar-refractivity contribution in [1.82, 2.24) is 0 Å². The first kappa shape index (κ1) is 9.04. The van der Waals surface area contributed by atoms with E-state index in [2.05, 4.69) is 6.26 Å². The summed E-state index contributed by atoms with van der Waals surface area (Å²) in [7, 11) is 0. The van der Waals surface area contributed by atoms with Gasteiger partial charge in [0.05, 0.1) is 0 Å². The molecule has 24 valence electrons. The SMILES string of the molecule is [CH2-]SC.[U]. The van der Waals surface area contributed by atoms with Gasteiger partial charge in [-0.15, -0.1) is 0 Å². The first-order chi connectivity index (χ1) is 1.41. The Balaban J connectivity index is 0. The van der Waals surface area contributed by atoms with Crippen molar-refractivity contribution in [3.8, 4) is 0 Å². The second kappa shape index (κ2) is 8.83. The molecule has 0 atom stereocenters. The summed E-state index contributed by atoms with van der Waals surface area (Å²) >= 11 is 1.50. The molecule has 0 saturated carbocycles. The van der Waals surface area contributed by atoms with Crippen LogP contribution in [0.3, 0.4) is 0 Å². The van der Waals surface area contributed by atoms with Gasteiger partial charge in [0.15, 0.2) is 0 Å². The Morgan fingerprint density at radius 2 is 1.75 bits per heavy atom. The fraction of sp³-hybridized carbons (Fsp3) is 0.500. The molecule has 0 rings (SSSR count). The van der Waals surface area contributed by atoms with E-state index < -0.39 is 0 Å². The van der Waals surface area contributed by atoms with Gasteiger partial charge in [-0.3, -0.25) is 6.26 Å². The summed E-state index contributed by atoms with van der Waals surface area (Å²) in [6.07, 6.45) is 5.33.